The fourth-order valence-corrected chi connectivity index (χ4v) is 3.63. The smallest absolute Gasteiger partial charge is 0.324 e. The Morgan fingerprint density at radius 1 is 0.939 bits per heavy atom. The SMILES string of the molecule is C=CCCCCCCCCC=CCCCNc1ccccc1C(=O)C(C(C)=O)C(=O)OCC. The molecular formula is C28H41NO4. The van der Waals surface area contributed by atoms with Crippen LogP contribution in [0.5, 0.6) is 0 Å². The molecule has 0 aliphatic heterocycles. The molecule has 0 aliphatic carbocycles. The first-order chi connectivity index (χ1) is 16.0. The molecule has 1 rings (SSSR count). The summed E-state index contributed by atoms with van der Waals surface area (Å²) in [5.74, 6) is -3.23. The van der Waals surface area contributed by atoms with Gasteiger partial charge in [-0.15, -0.1) is 6.58 Å². The van der Waals surface area contributed by atoms with E-state index in [4.69, 9.17) is 4.74 Å². The summed E-state index contributed by atoms with van der Waals surface area (Å²) in [5.41, 5.74) is 0.973. The highest BCUT2D eigenvalue weighted by atomic mass is 16.5. The topological polar surface area (TPSA) is 72.5 Å². The average molecular weight is 456 g/mol. The third-order valence-corrected chi connectivity index (χ3v) is 5.44. The van der Waals surface area contributed by atoms with Crippen molar-refractivity contribution in [2.75, 3.05) is 18.5 Å². The number of rotatable bonds is 19. The summed E-state index contributed by atoms with van der Waals surface area (Å²) in [6.07, 6.45) is 18.3. The van der Waals surface area contributed by atoms with Crippen LogP contribution in [0, 0.1) is 5.92 Å². The van der Waals surface area contributed by atoms with Crippen molar-refractivity contribution >= 4 is 23.2 Å². The number of carbonyl (C=O) groups excluding carboxylic acids is 3. The van der Waals surface area contributed by atoms with Crippen LogP contribution < -0.4 is 5.32 Å². The van der Waals surface area contributed by atoms with Crippen LogP contribution in [-0.2, 0) is 14.3 Å². The molecule has 0 heterocycles. The Morgan fingerprint density at radius 2 is 1.55 bits per heavy atom. The number of para-hydroxylation sites is 1. The number of ether oxygens (including phenoxy) is 1. The Labute approximate surface area is 199 Å². The molecule has 1 aromatic carbocycles. The number of carbonyl (C=O) groups is 3. The van der Waals surface area contributed by atoms with E-state index in [-0.39, 0.29) is 6.61 Å². The van der Waals surface area contributed by atoms with Crippen molar-refractivity contribution in [3.8, 4) is 0 Å². The highest BCUT2D eigenvalue weighted by Gasteiger charge is 2.34. The van der Waals surface area contributed by atoms with Crippen molar-refractivity contribution in [1.82, 2.24) is 0 Å². The van der Waals surface area contributed by atoms with Gasteiger partial charge in [0.1, 0.15) is 0 Å². The largest absolute Gasteiger partial charge is 0.465 e. The van der Waals surface area contributed by atoms with E-state index in [9.17, 15) is 14.4 Å². The molecule has 0 aromatic heterocycles. The molecule has 0 spiro atoms. The number of anilines is 1. The maximum absolute atomic E-state index is 12.9. The van der Waals surface area contributed by atoms with Crippen LogP contribution in [0.25, 0.3) is 0 Å². The first kappa shape index (κ1) is 28.3. The van der Waals surface area contributed by atoms with Crippen molar-refractivity contribution < 1.29 is 19.1 Å². The molecule has 0 saturated heterocycles. The molecule has 182 valence electrons. The van der Waals surface area contributed by atoms with Crippen LogP contribution in [0.1, 0.15) is 88.4 Å². The molecular weight excluding hydrogens is 414 g/mol. The number of benzene rings is 1. The van der Waals surface area contributed by atoms with E-state index in [1.54, 1.807) is 25.1 Å². The number of allylic oxidation sites excluding steroid dienone is 3. The second-order valence-electron chi connectivity index (χ2n) is 8.23. The summed E-state index contributed by atoms with van der Waals surface area (Å²) in [5, 5.41) is 3.27. The second kappa shape index (κ2) is 17.8. The maximum atomic E-state index is 12.9. The van der Waals surface area contributed by atoms with Gasteiger partial charge >= 0.3 is 5.97 Å². The van der Waals surface area contributed by atoms with Crippen molar-refractivity contribution in [3.05, 3.63) is 54.6 Å². The Morgan fingerprint density at radius 3 is 2.18 bits per heavy atom. The van der Waals surface area contributed by atoms with Crippen LogP contribution >= 0.6 is 0 Å². The quantitative estimate of drug-likeness (QED) is 0.0827. The van der Waals surface area contributed by atoms with Crippen molar-refractivity contribution in [2.24, 2.45) is 5.92 Å². The van der Waals surface area contributed by atoms with E-state index in [1.807, 2.05) is 12.1 Å². The Balaban J connectivity index is 2.37. The van der Waals surface area contributed by atoms with Crippen LogP contribution in [0.4, 0.5) is 5.69 Å². The van der Waals surface area contributed by atoms with Gasteiger partial charge in [-0.05, 0) is 64.5 Å². The van der Waals surface area contributed by atoms with E-state index in [0.29, 0.717) is 17.8 Å². The minimum atomic E-state index is -1.41. The third-order valence-electron chi connectivity index (χ3n) is 5.44. The lowest BCUT2D eigenvalue weighted by atomic mass is 9.93. The minimum Gasteiger partial charge on any atom is -0.465 e. The second-order valence-corrected chi connectivity index (χ2v) is 8.23. The normalized spacial score (nSPS) is 11.8. The molecule has 0 bridgehead atoms. The van der Waals surface area contributed by atoms with Gasteiger partial charge in [0, 0.05) is 17.8 Å². The summed E-state index contributed by atoms with van der Waals surface area (Å²) >= 11 is 0. The molecule has 0 radical (unpaired) electrons. The van der Waals surface area contributed by atoms with Gasteiger partial charge in [-0.1, -0.05) is 56.0 Å². The average Bonchev–Trinajstić information content (AvgIpc) is 2.79. The van der Waals surface area contributed by atoms with Gasteiger partial charge in [0.05, 0.1) is 6.61 Å². The molecule has 5 nitrogen and oxygen atoms in total. The molecule has 5 heteroatoms. The van der Waals surface area contributed by atoms with Gasteiger partial charge in [-0.3, -0.25) is 14.4 Å². The molecule has 0 aliphatic rings. The van der Waals surface area contributed by atoms with E-state index in [2.05, 4.69) is 24.0 Å². The van der Waals surface area contributed by atoms with Crippen molar-refractivity contribution in [1.29, 1.82) is 0 Å². The number of hydrogen-bond acceptors (Lipinski definition) is 5. The highest BCUT2D eigenvalue weighted by molar-refractivity contribution is 6.23. The maximum Gasteiger partial charge on any atom is 0.324 e. The van der Waals surface area contributed by atoms with E-state index in [1.165, 1.54) is 45.4 Å². The molecule has 1 N–H and O–H groups in total. The van der Waals surface area contributed by atoms with Crippen molar-refractivity contribution in [3.63, 3.8) is 0 Å². The monoisotopic (exact) mass is 455 g/mol. The number of ketones is 2. The van der Waals surface area contributed by atoms with Gasteiger partial charge in [0.2, 0.25) is 0 Å². The Kier molecular flexibility index (Phi) is 15.3. The fraction of sp³-hybridized carbons (Fsp3) is 0.536. The lowest BCUT2D eigenvalue weighted by Crippen LogP contribution is -2.32. The van der Waals surface area contributed by atoms with Gasteiger partial charge in [0.25, 0.3) is 0 Å². The van der Waals surface area contributed by atoms with Crippen LogP contribution in [-0.4, -0.2) is 30.7 Å². The summed E-state index contributed by atoms with van der Waals surface area (Å²) < 4.78 is 4.92. The van der Waals surface area contributed by atoms with Gasteiger partial charge in [-0.2, -0.15) is 0 Å². The van der Waals surface area contributed by atoms with E-state index in [0.717, 1.165) is 25.7 Å². The predicted molar refractivity (Wildman–Crippen MR) is 136 cm³/mol. The van der Waals surface area contributed by atoms with Crippen molar-refractivity contribution in [2.45, 2.75) is 78.1 Å². The standard InChI is InChI=1S/C28H41NO4/c1-4-6-7-8-9-10-11-12-13-14-15-16-19-22-29-25-21-18-17-20-24(25)27(31)26(23(3)30)28(32)33-5-2/h4,14-15,17-18,20-21,26,29H,1,5-13,16,19,22H2,2-3H3. The first-order valence-electron chi connectivity index (χ1n) is 12.3. The Bertz CT molecular complexity index is 769. The van der Waals surface area contributed by atoms with E-state index >= 15 is 0 Å². The Hall–Kier alpha value is -2.69. The molecule has 1 unspecified atom stereocenters. The zero-order valence-electron chi connectivity index (χ0n) is 20.4. The summed E-state index contributed by atoms with van der Waals surface area (Å²) in [6.45, 7) is 7.47. The number of hydrogen-bond donors (Lipinski definition) is 1. The summed E-state index contributed by atoms with van der Waals surface area (Å²) in [4.78, 5) is 36.9. The predicted octanol–water partition coefficient (Wildman–Crippen LogP) is 6.69. The van der Waals surface area contributed by atoms with Gasteiger partial charge in [-0.25, -0.2) is 0 Å². The fourth-order valence-electron chi connectivity index (χ4n) is 3.63. The molecule has 0 amide bonds. The molecule has 1 aromatic rings. The zero-order valence-corrected chi connectivity index (χ0v) is 20.4. The summed E-state index contributed by atoms with van der Waals surface area (Å²) in [6, 6.07) is 6.98. The summed E-state index contributed by atoms with van der Waals surface area (Å²) in [7, 11) is 0. The number of nitrogens with one attached hydrogen (secondary N) is 1. The van der Waals surface area contributed by atoms with Gasteiger partial charge in [0.15, 0.2) is 17.5 Å². The molecule has 0 fully saturated rings. The van der Waals surface area contributed by atoms with Crippen LogP contribution in [0.3, 0.4) is 0 Å². The highest BCUT2D eigenvalue weighted by Crippen LogP contribution is 2.21. The molecule has 1 atom stereocenters. The van der Waals surface area contributed by atoms with E-state index < -0.39 is 23.5 Å². The van der Waals surface area contributed by atoms with Crippen LogP contribution in [0.15, 0.2) is 49.1 Å². The van der Waals surface area contributed by atoms with Gasteiger partial charge < -0.3 is 10.1 Å². The van der Waals surface area contributed by atoms with Crippen LogP contribution in [0.2, 0.25) is 0 Å². The number of Topliss-reactive ketones (excluding diaryl/α,β-unsaturated/α-hetero) is 2. The number of unbranched alkanes of at least 4 members (excludes halogenated alkanes) is 8. The molecule has 33 heavy (non-hydrogen) atoms. The lowest BCUT2D eigenvalue weighted by molar-refractivity contribution is -0.148. The first-order valence-corrected chi connectivity index (χ1v) is 12.3. The third kappa shape index (κ3) is 11.7. The molecule has 0 saturated carbocycles. The number of esters is 1. The zero-order chi connectivity index (χ0) is 24.3. The lowest BCUT2D eigenvalue weighted by Gasteiger charge is -2.15. The minimum absolute atomic E-state index is 0.124.